The molecule has 1 saturated carbocycles. The Bertz CT molecular complexity index is 618. The number of benzene rings is 1. The van der Waals surface area contributed by atoms with Crippen LogP contribution in [0.4, 0.5) is 0 Å². The largest absolute Gasteiger partial charge is 0.329 e. The van der Waals surface area contributed by atoms with Crippen molar-refractivity contribution in [2.45, 2.75) is 50.0 Å². The molecule has 1 aliphatic rings. The van der Waals surface area contributed by atoms with Crippen molar-refractivity contribution in [1.29, 1.82) is 0 Å². The van der Waals surface area contributed by atoms with Crippen molar-refractivity contribution in [3.05, 3.63) is 28.2 Å². The molecular formula is C15H23BrN2O2S. The molecule has 4 nitrogen and oxygen atoms in total. The number of halogens is 1. The van der Waals surface area contributed by atoms with Crippen LogP contribution in [0.25, 0.3) is 0 Å². The van der Waals surface area contributed by atoms with Crippen LogP contribution in [0.2, 0.25) is 0 Å². The number of nitrogens with one attached hydrogen (secondary N) is 1. The lowest BCUT2D eigenvalue weighted by atomic mass is 9.74. The van der Waals surface area contributed by atoms with E-state index in [2.05, 4.69) is 27.6 Å². The predicted octanol–water partition coefficient (Wildman–Crippen LogP) is 2.94. The van der Waals surface area contributed by atoms with Gasteiger partial charge in [-0.15, -0.1) is 0 Å². The van der Waals surface area contributed by atoms with E-state index in [-0.39, 0.29) is 5.92 Å². The normalized spacial score (nSPS) is 26.8. The lowest BCUT2D eigenvalue weighted by Crippen LogP contribution is -2.59. The number of hydrogen-bond donors (Lipinski definition) is 2. The lowest BCUT2D eigenvalue weighted by molar-refractivity contribution is 0.191. The summed E-state index contributed by atoms with van der Waals surface area (Å²) >= 11 is 3.34. The van der Waals surface area contributed by atoms with Gasteiger partial charge in [-0.25, -0.2) is 13.1 Å². The Morgan fingerprint density at radius 3 is 2.76 bits per heavy atom. The second kappa shape index (κ2) is 6.36. The number of hydrogen-bond acceptors (Lipinski definition) is 3. The average Bonchev–Trinajstić information content (AvgIpc) is 2.44. The summed E-state index contributed by atoms with van der Waals surface area (Å²) in [4.78, 5) is 0.322. The zero-order valence-electron chi connectivity index (χ0n) is 12.5. The van der Waals surface area contributed by atoms with Crippen molar-refractivity contribution in [2.75, 3.05) is 6.54 Å². The molecule has 2 unspecified atom stereocenters. The first kappa shape index (κ1) is 16.9. The van der Waals surface area contributed by atoms with Gasteiger partial charge in [-0.05, 0) is 43.4 Å². The van der Waals surface area contributed by atoms with Crippen molar-refractivity contribution in [3.63, 3.8) is 0 Å². The predicted molar refractivity (Wildman–Crippen MR) is 88.6 cm³/mol. The third kappa shape index (κ3) is 3.50. The highest BCUT2D eigenvalue weighted by Gasteiger charge is 2.40. The minimum atomic E-state index is -3.58. The van der Waals surface area contributed by atoms with Crippen LogP contribution in [0, 0.1) is 12.8 Å². The summed E-state index contributed by atoms with van der Waals surface area (Å²) in [5.74, 6) is 0.249. The van der Waals surface area contributed by atoms with Gasteiger partial charge in [-0.2, -0.15) is 0 Å². The van der Waals surface area contributed by atoms with E-state index in [1.165, 1.54) is 0 Å². The summed E-state index contributed by atoms with van der Waals surface area (Å²) < 4.78 is 29.3. The Labute approximate surface area is 135 Å². The van der Waals surface area contributed by atoms with Crippen LogP contribution >= 0.6 is 15.9 Å². The van der Waals surface area contributed by atoms with Gasteiger partial charge >= 0.3 is 0 Å². The van der Waals surface area contributed by atoms with Crippen LogP contribution in [0.5, 0.6) is 0 Å². The molecule has 0 heterocycles. The Morgan fingerprint density at radius 1 is 1.43 bits per heavy atom. The van der Waals surface area contributed by atoms with E-state index in [0.717, 1.165) is 35.7 Å². The molecular weight excluding hydrogens is 352 g/mol. The fourth-order valence-corrected chi connectivity index (χ4v) is 5.41. The van der Waals surface area contributed by atoms with E-state index in [4.69, 9.17) is 5.73 Å². The topological polar surface area (TPSA) is 72.2 Å². The maximum absolute atomic E-state index is 12.8. The van der Waals surface area contributed by atoms with Gasteiger partial charge < -0.3 is 5.73 Å². The van der Waals surface area contributed by atoms with Gasteiger partial charge in [0.2, 0.25) is 10.0 Å². The van der Waals surface area contributed by atoms with Crippen molar-refractivity contribution in [3.8, 4) is 0 Å². The monoisotopic (exact) mass is 374 g/mol. The van der Waals surface area contributed by atoms with Crippen LogP contribution in [-0.2, 0) is 10.0 Å². The molecule has 2 rings (SSSR count). The van der Waals surface area contributed by atoms with Crippen molar-refractivity contribution in [2.24, 2.45) is 11.7 Å². The van der Waals surface area contributed by atoms with Gasteiger partial charge in [-0.1, -0.05) is 41.8 Å². The van der Waals surface area contributed by atoms with Crippen LogP contribution in [-0.4, -0.2) is 20.5 Å². The highest BCUT2D eigenvalue weighted by molar-refractivity contribution is 9.10. The second-order valence-electron chi connectivity index (χ2n) is 6.02. The summed E-state index contributed by atoms with van der Waals surface area (Å²) in [7, 11) is -3.58. The Balaban J connectivity index is 2.37. The summed E-state index contributed by atoms with van der Waals surface area (Å²) in [5, 5.41) is 0. The molecule has 0 spiro atoms. The quantitative estimate of drug-likeness (QED) is 0.850. The van der Waals surface area contributed by atoms with Gasteiger partial charge in [0.05, 0.1) is 4.90 Å². The maximum Gasteiger partial charge on any atom is 0.241 e. The molecule has 0 aliphatic heterocycles. The molecule has 0 saturated heterocycles. The van der Waals surface area contributed by atoms with Crippen molar-refractivity contribution < 1.29 is 8.42 Å². The third-order valence-corrected chi connectivity index (χ3v) is 6.78. The zero-order valence-corrected chi connectivity index (χ0v) is 14.9. The first-order valence-electron chi connectivity index (χ1n) is 7.31. The number of aryl methyl sites for hydroxylation is 1. The molecule has 1 aliphatic carbocycles. The molecule has 0 amide bonds. The number of rotatable bonds is 4. The third-order valence-electron chi connectivity index (χ3n) is 4.59. The first-order valence-corrected chi connectivity index (χ1v) is 9.58. The Hall–Kier alpha value is -0.430. The summed E-state index contributed by atoms with van der Waals surface area (Å²) in [6, 6.07) is 5.30. The minimum absolute atomic E-state index is 0.249. The number of sulfonamides is 1. The van der Waals surface area contributed by atoms with E-state index < -0.39 is 15.6 Å². The molecule has 1 fully saturated rings. The molecule has 21 heavy (non-hydrogen) atoms. The van der Waals surface area contributed by atoms with Crippen LogP contribution < -0.4 is 10.5 Å². The van der Waals surface area contributed by atoms with E-state index in [0.29, 0.717) is 11.4 Å². The fourth-order valence-electron chi connectivity index (χ4n) is 3.10. The highest BCUT2D eigenvalue weighted by atomic mass is 79.9. The average molecular weight is 375 g/mol. The van der Waals surface area contributed by atoms with Crippen molar-refractivity contribution in [1.82, 2.24) is 4.72 Å². The standard InChI is InChI=1S/C15H23BrN2O2S/c1-11-6-7-13(16)9-14(11)21(19,20)18-15(10-17)8-4-3-5-12(15)2/h6-7,9,12,18H,3-5,8,10,17H2,1-2H3. The zero-order chi connectivity index (χ0) is 15.7. The van der Waals surface area contributed by atoms with Gasteiger partial charge in [0, 0.05) is 16.6 Å². The molecule has 0 radical (unpaired) electrons. The smallest absolute Gasteiger partial charge is 0.241 e. The molecule has 0 aromatic heterocycles. The highest BCUT2D eigenvalue weighted by Crippen LogP contribution is 2.34. The summed E-state index contributed by atoms with van der Waals surface area (Å²) in [6.07, 6.45) is 3.97. The van der Waals surface area contributed by atoms with Gasteiger partial charge in [0.15, 0.2) is 0 Å². The first-order chi connectivity index (χ1) is 9.81. The molecule has 1 aromatic carbocycles. The van der Waals surface area contributed by atoms with Gasteiger partial charge in [0.25, 0.3) is 0 Å². The van der Waals surface area contributed by atoms with E-state index >= 15 is 0 Å². The Kier molecular flexibility index (Phi) is 5.13. The molecule has 6 heteroatoms. The summed E-state index contributed by atoms with van der Waals surface area (Å²) in [6.45, 7) is 4.23. The molecule has 1 aromatic rings. The lowest BCUT2D eigenvalue weighted by Gasteiger charge is -2.42. The fraction of sp³-hybridized carbons (Fsp3) is 0.600. The second-order valence-corrected chi connectivity index (χ2v) is 8.59. The van der Waals surface area contributed by atoms with Crippen LogP contribution in [0.1, 0.15) is 38.2 Å². The molecule has 2 atom stereocenters. The maximum atomic E-state index is 12.8. The molecule has 118 valence electrons. The molecule has 3 N–H and O–H groups in total. The molecule has 0 bridgehead atoms. The minimum Gasteiger partial charge on any atom is -0.329 e. The SMILES string of the molecule is Cc1ccc(Br)cc1S(=O)(=O)NC1(CN)CCCCC1C. The van der Waals surface area contributed by atoms with Gasteiger partial charge in [0.1, 0.15) is 0 Å². The van der Waals surface area contributed by atoms with Gasteiger partial charge in [-0.3, -0.25) is 0 Å². The summed E-state index contributed by atoms with van der Waals surface area (Å²) in [5.41, 5.74) is 6.16. The van der Waals surface area contributed by atoms with Crippen LogP contribution in [0.15, 0.2) is 27.6 Å². The Morgan fingerprint density at radius 2 is 2.14 bits per heavy atom. The van der Waals surface area contributed by atoms with E-state index in [9.17, 15) is 8.42 Å². The van der Waals surface area contributed by atoms with E-state index in [1.54, 1.807) is 19.1 Å². The van der Waals surface area contributed by atoms with Crippen molar-refractivity contribution >= 4 is 26.0 Å². The number of nitrogens with two attached hydrogens (primary N) is 1. The van der Waals surface area contributed by atoms with Crippen LogP contribution in [0.3, 0.4) is 0 Å². The van der Waals surface area contributed by atoms with E-state index in [1.807, 2.05) is 6.07 Å².